The average Bonchev–Trinajstić information content (AvgIpc) is 2.83. The van der Waals surface area contributed by atoms with E-state index in [0.29, 0.717) is 34.7 Å². The highest BCUT2D eigenvalue weighted by Gasteiger charge is 2.35. The van der Waals surface area contributed by atoms with E-state index in [1.54, 1.807) is 30.3 Å². The van der Waals surface area contributed by atoms with Gasteiger partial charge < -0.3 is 4.74 Å². The molecule has 0 fully saturated rings. The van der Waals surface area contributed by atoms with Crippen molar-refractivity contribution >= 4 is 39.9 Å². The van der Waals surface area contributed by atoms with Crippen molar-refractivity contribution in [2.75, 3.05) is 11.5 Å². The summed E-state index contributed by atoms with van der Waals surface area (Å²) in [6.07, 6.45) is 1.89. The first-order chi connectivity index (χ1) is 15.7. The van der Waals surface area contributed by atoms with Crippen molar-refractivity contribution < 1.29 is 14.3 Å². The Bertz CT molecular complexity index is 1360. The molecule has 4 nitrogen and oxygen atoms in total. The van der Waals surface area contributed by atoms with E-state index in [1.165, 1.54) is 4.90 Å². The summed E-state index contributed by atoms with van der Waals surface area (Å²) in [5.74, 6) is 0.0238. The zero-order valence-electron chi connectivity index (χ0n) is 17.6. The van der Waals surface area contributed by atoms with Crippen LogP contribution in [-0.4, -0.2) is 18.4 Å². The number of rotatable bonds is 4. The molecule has 5 rings (SSSR count). The molecule has 0 aromatic heterocycles. The first-order valence-electron chi connectivity index (χ1n) is 10.6. The molecule has 32 heavy (non-hydrogen) atoms. The van der Waals surface area contributed by atoms with Crippen LogP contribution in [0.1, 0.15) is 28.4 Å². The molecule has 1 aliphatic heterocycles. The van der Waals surface area contributed by atoms with Gasteiger partial charge in [-0.2, -0.15) is 0 Å². The molecule has 0 spiro atoms. The van der Waals surface area contributed by atoms with Gasteiger partial charge in [-0.25, -0.2) is 4.90 Å². The van der Waals surface area contributed by atoms with Crippen LogP contribution in [0.15, 0.2) is 91.0 Å². The second kappa shape index (κ2) is 8.16. The van der Waals surface area contributed by atoms with E-state index in [-0.39, 0.29) is 11.8 Å². The molecule has 1 heterocycles. The van der Waals surface area contributed by atoms with Gasteiger partial charge in [-0.05, 0) is 65.2 Å². The lowest BCUT2D eigenvalue weighted by molar-refractivity contribution is -0.112. The van der Waals surface area contributed by atoms with Crippen LogP contribution in [0.25, 0.3) is 22.4 Å². The minimum atomic E-state index is -0.342. The van der Waals surface area contributed by atoms with Gasteiger partial charge in [0.15, 0.2) is 0 Å². The fraction of sp³-hybridized carbons (Fsp3) is 0.0714. The number of carbonyl (C=O) groups is 2. The summed E-state index contributed by atoms with van der Waals surface area (Å²) in [6, 6.07) is 28.4. The van der Waals surface area contributed by atoms with Crippen molar-refractivity contribution in [3.8, 4) is 5.75 Å². The summed E-state index contributed by atoms with van der Waals surface area (Å²) >= 11 is 0. The van der Waals surface area contributed by atoms with E-state index >= 15 is 0 Å². The van der Waals surface area contributed by atoms with E-state index in [0.717, 1.165) is 16.3 Å². The SMILES string of the molecule is CCOc1ccc(N2C(=O)/C(=C\c3cccc4ccccc34)c3ccccc3C2=O)cc1. The molecule has 0 saturated heterocycles. The maximum atomic E-state index is 13.7. The van der Waals surface area contributed by atoms with Crippen molar-refractivity contribution in [3.05, 3.63) is 108 Å². The lowest BCUT2D eigenvalue weighted by Crippen LogP contribution is -2.41. The van der Waals surface area contributed by atoms with Crippen LogP contribution in [0.2, 0.25) is 0 Å². The lowest BCUT2D eigenvalue weighted by atomic mass is 9.91. The van der Waals surface area contributed by atoms with Crippen LogP contribution < -0.4 is 9.64 Å². The third kappa shape index (κ3) is 3.36. The van der Waals surface area contributed by atoms with E-state index in [9.17, 15) is 9.59 Å². The molecular formula is C28H21NO3. The molecule has 0 bridgehead atoms. The minimum absolute atomic E-state index is 0.329. The van der Waals surface area contributed by atoms with Crippen LogP contribution in [0.3, 0.4) is 0 Å². The standard InChI is InChI=1S/C28H21NO3/c1-2-32-22-16-14-21(15-17-22)29-27(30)25-13-6-5-12-24(25)26(28(29)31)18-20-10-7-9-19-8-3-4-11-23(19)20/h3-18H,2H2,1H3/b26-18-. The average molecular weight is 419 g/mol. The van der Waals surface area contributed by atoms with E-state index in [4.69, 9.17) is 4.74 Å². The highest BCUT2D eigenvalue weighted by Crippen LogP contribution is 2.35. The summed E-state index contributed by atoms with van der Waals surface area (Å²) in [5, 5.41) is 2.15. The van der Waals surface area contributed by atoms with Gasteiger partial charge in [0.2, 0.25) is 0 Å². The number of amides is 2. The maximum Gasteiger partial charge on any atom is 0.265 e. The van der Waals surface area contributed by atoms with Crippen molar-refractivity contribution in [2.24, 2.45) is 0 Å². The van der Waals surface area contributed by atoms with Gasteiger partial charge >= 0.3 is 0 Å². The number of fused-ring (bicyclic) bond motifs is 2. The zero-order valence-corrected chi connectivity index (χ0v) is 17.6. The van der Waals surface area contributed by atoms with Crippen molar-refractivity contribution in [2.45, 2.75) is 6.92 Å². The molecule has 0 atom stereocenters. The lowest BCUT2D eigenvalue weighted by Gasteiger charge is -2.29. The number of anilines is 1. The molecule has 4 aromatic carbocycles. The summed E-state index contributed by atoms with van der Waals surface area (Å²) in [5.41, 5.74) is 3.10. The molecule has 0 N–H and O–H groups in total. The second-order valence-corrected chi connectivity index (χ2v) is 7.54. The van der Waals surface area contributed by atoms with Crippen molar-refractivity contribution in [1.82, 2.24) is 0 Å². The Balaban J connectivity index is 1.67. The van der Waals surface area contributed by atoms with Gasteiger partial charge in [0, 0.05) is 11.1 Å². The summed E-state index contributed by atoms with van der Waals surface area (Å²) < 4.78 is 5.50. The number of carbonyl (C=O) groups excluding carboxylic acids is 2. The molecule has 156 valence electrons. The quantitative estimate of drug-likeness (QED) is 0.303. The second-order valence-electron chi connectivity index (χ2n) is 7.54. The minimum Gasteiger partial charge on any atom is -0.494 e. The largest absolute Gasteiger partial charge is 0.494 e. The number of ether oxygens (including phenoxy) is 1. The van der Waals surface area contributed by atoms with E-state index < -0.39 is 0 Å². The number of nitrogens with zero attached hydrogens (tertiary/aromatic N) is 1. The Morgan fingerprint density at radius 1 is 0.750 bits per heavy atom. The molecule has 4 heteroatoms. The van der Waals surface area contributed by atoms with Crippen molar-refractivity contribution in [1.29, 1.82) is 0 Å². The summed E-state index contributed by atoms with van der Waals surface area (Å²) in [6.45, 7) is 2.46. The Hall–Kier alpha value is -4.18. The molecule has 1 aliphatic rings. The van der Waals surface area contributed by atoms with Gasteiger partial charge in [0.25, 0.3) is 11.8 Å². The molecule has 0 saturated carbocycles. The topological polar surface area (TPSA) is 46.6 Å². The van der Waals surface area contributed by atoms with E-state index in [2.05, 4.69) is 0 Å². The zero-order chi connectivity index (χ0) is 22.1. The van der Waals surface area contributed by atoms with E-state index in [1.807, 2.05) is 73.7 Å². The highest BCUT2D eigenvalue weighted by molar-refractivity contribution is 6.43. The predicted octanol–water partition coefficient (Wildman–Crippen LogP) is 5.97. The first kappa shape index (κ1) is 19.8. The molecule has 0 unspecified atom stereocenters. The molecule has 2 amide bonds. The third-order valence-electron chi connectivity index (χ3n) is 5.61. The van der Waals surface area contributed by atoms with Crippen LogP contribution in [0.4, 0.5) is 5.69 Å². The fourth-order valence-corrected chi connectivity index (χ4v) is 4.12. The van der Waals surface area contributed by atoms with Gasteiger partial charge in [-0.15, -0.1) is 0 Å². The maximum absolute atomic E-state index is 13.7. The number of hydrogen-bond acceptors (Lipinski definition) is 3. The number of benzene rings is 4. The molecule has 0 radical (unpaired) electrons. The van der Waals surface area contributed by atoms with Gasteiger partial charge in [0.05, 0.1) is 12.3 Å². The van der Waals surface area contributed by atoms with Gasteiger partial charge in [-0.3, -0.25) is 9.59 Å². The fourth-order valence-electron chi connectivity index (χ4n) is 4.12. The Morgan fingerprint density at radius 3 is 2.22 bits per heavy atom. The van der Waals surface area contributed by atoms with Gasteiger partial charge in [-0.1, -0.05) is 60.7 Å². The smallest absolute Gasteiger partial charge is 0.265 e. The van der Waals surface area contributed by atoms with Crippen LogP contribution in [0, 0.1) is 0 Å². The number of hydrogen-bond donors (Lipinski definition) is 0. The Morgan fingerprint density at radius 2 is 1.44 bits per heavy atom. The first-order valence-corrected chi connectivity index (χ1v) is 10.6. The predicted molar refractivity (Wildman–Crippen MR) is 128 cm³/mol. The Labute approximate surface area is 186 Å². The monoisotopic (exact) mass is 419 g/mol. The molecule has 4 aromatic rings. The summed E-state index contributed by atoms with van der Waals surface area (Å²) in [7, 11) is 0. The Kier molecular flexibility index (Phi) is 5.04. The number of imide groups is 1. The van der Waals surface area contributed by atoms with Gasteiger partial charge in [0.1, 0.15) is 5.75 Å². The van der Waals surface area contributed by atoms with Crippen molar-refractivity contribution in [3.63, 3.8) is 0 Å². The van der Waals surface area contributed by atoms with Crippen LogP contribution in [-0.2, 0) is 4.79 Å². The summed E-state index contributed by atoms with van der Waals surface area (Å²) in [4.78, 5) is 28.2. The van der Waals surface area contributed by atoms with Crippen LogP contribution in [0.5, 0.6) is 5.75 Å². The highest BCUT2D eigenvalue weighted by atomic mass is 16.5. The molecule has 0 aliphatic carbocycles. The molecular weight excluding hydrogens is 398 g/mol. The normalized spacial score (nSPS) is 14.7. The third-order valence-corrected chi connectivity index (χ3v) is 5.61. The van der Waals surface area contributed by atoms with Crippen LogP contribution >= 0.6 is 0 Å².